The van der Waals surface area contributed by atoms with E-state index in [0.717, 1.165) is 70.1 Å². The molecule has 0 aromatic rings. The van der Waals surface area contributed by atoms with Crippen molar-refractivity contribution in [2.45, 2.75) is 142 Å². The van der Waals surface area contributed by atoms with Gasteiger partial charge in [-0.05, 0) is 63.7 Å². The Hall–Kier alpha value is -2.18. The summed E-state index contributed by atoms with van der Waals surface area (Å²) in [6, 6.07) is 0. The molecule has 2 N–H and O–H groups in total. The summed E-state index contributed by atoms with van der Waals surface area (Å²) in [6.07, 6.45) is 31.2. The van der Waals surface area contributed by atoms with E-state index in [0.29, 0.717) is 19.3 Å². The van der Waals surface area contributed by atoms with E-state index in [1.807, 2.05) is 6.92 Å². The van der Waals surface area contributed by atoms with Crippen LogP contribution in [-0.2, 0) is 19.1 Å². The third-order valence-electron chi connectivity index (χ3n) is 6.66. The van der Waals surface area contributed by atoms with E-state index in [1.165, 1.54) is 25.7 Å². The van der Waals surface area contributed by atoms with Gasteiger partial charge < -0.3 is 19.7 Å². The summed E-state index contributed by atoms with van der Waals surface area (Å²) in [6.45, 7) is 6.20. The Morgan fingerprint density at radius 3 is 1.59 bits per heavy atom. The van der Waals surface area contributed by atoms with Gasteiger partial charge in [0.1, 0.15) is 19.3 Å². The fraction of sp³-hybridized carbons (Fsp3) is 0.714. The second kappa shape index (κ2) is 29.3. The second-order valence-corrected chi connectivity index (χ2v) is 11.2. The quantitative estimate of drug-likeness (QED) is 0.0580. The first-order valence-electron chi connectivity index (χ1n) is 16.1. The molecular weight excluding hydrogens is 516 g/mol. The third kappa shape index (κ3) is 30.6. The van der Waals surface area contributed by atoms with E-state index in [1.54, 1.807) is 0 Å². The average molecular weight is 577 g/mol. The number of ether oxygens (including phenoxy) is 2. The van der Waals surface area contributed by atoms with Crippen LogP contribution in [0.25, 0.3) is 0 Å². The summed E-state index contributed by atoms with van der Waals surface area (Å²) < 4.78 is 10.2. The monoisotopic (exact) mass is 576 g/mol. The van der Waals surface area contributed by atoms with Gasteiger partial charge in [0.05, 0.1) is 6.10 Å². The van der Waals surface area contributed by atoms with Crippen molar-refractivity contribution in [3.63, 3.8) is 0 Å². The lowest BCUT2D eigenvalue weighted by Gasteiger charge is -2.12. The first kappa shape index (κ1) is 38.8. The lowest BCUT2D eigenvalue weighted by atomic mass is 10.0. The van der Waals surface area contributed by atoms with Crippen LogP contribution in [0.15, 0.2) is 48.6 Å². The number of aliphatic hydroxyl groups excluding tert-OH is 2. The van der Waals surface area contributed by atoms with Gasteiger partial charge in [0, 0.05) is 12.8 Å². The molecule has 41 heavy (non-hydrogen) atoms. The van der Waals surface area contributed by atoms with Crippen molar-refractivity contribution in [3.8, 4) is 0 Å². The van der Waals surface area contributed by atoms with E-state index in [9.17, 15) is 19.8 Å². The predicted molar refractivity (Wildman–Crippen MR) is 169 cm³/mol. The van der Waals surface area contributed by atoms with E-state index >= 15 is 0 Å². The smallest absolute Gasteiger partial charge is 0.305 e. The van der Waals surface area contributed by atoms with Crippen LogP contribution in [0.2, 0.25) is 0 Å². The maximum Gasteiger partial charge on any atom is 0.305 e. The van der Waals surface area contributed by atoms with Crippen molar-refractivity contribution in [2.75, 3.05) is 13.2 Å². The molecule has 0 fully saturated rings. The molecule has 0 heterocycles. The highest BCUT2D eigenvalue weighted by Gasteiger charge is 2.12. The lowest BCUT2D eigenvalue weighted by Crippen LogP contribution is -2.25. The molecule has 6 heteroatoms. The van der Waals surface area contributed by atoms with Gasteiger partial charge in [0.2, 0.25) is 0 Å². The Kier molecular flexibility index (Phi) is 27.8. The van der Waals surface area contributed by atoms with Crippen molar-refractivity contribution in [1.82, 2.24) is 0 Å². The highest BCUT2D eigenvalue weighted by Crippen LogP contribution is 2.12. The van der Waals surface area contributed by atoms with Crippen LogP contribution in [0.1, 0.15) is 130 Å². The van der Waals surface area contributed by atoms with Gasteiger partial charge in [-0.3, -0.25) is 9.59 Å². The van der Waals surface area contributed by atoms with Gasteiger partial charge in [0.15, 0.2) is 0 Å². The molecule has 2 atom stereocenters. The summed E-state index contributed by atoms with van der Waals surface area (Å²) in [5.74, 6) is 0.111. The fourth-order valence-corrected chi connectivity index (χ4v) is 4.01. The largest absolute Gasteiger partial charge is 0.463 e. The van der Waals surface area contributed by atoms with Gasteiger partial charge in [0.25, 0.3) is 0 Å². The minimum Gasteiger partial charge on any atom is -0.463 e. The zero-order chi connectivity index (χ0) is 30.4. The summed E-state index contributed by atoms with van der Waals surface area (Å²) in [5.41, 5.74) is 0. The minimum absolute atomic E-state index is 0.144. The highest BCUT2D eigenvalue weighted by atomic mass is 16.6. The molecule has 0 radical (unpaired) electrons. The summed E-state index contributed by atoms with van der Waals surface area (Å²) in [7, 11) is 0. The van der Waals surface area contributed by atoms with Crippen LogP contribution in [0.4, 0.5) is 0 Å². The lowest BCUT2D eigenvalue weighted by molar-refractivity contribution is -0.152. The molecule has 0 aliphatic carbocycles. The Morgan fingerprint density at radius 2 is 1.05 bits per heavy atom. The predicted octanol–water partition coefficient (Wildman–Crippen LogP) is 8.33. The number of esters is 2. The fourth-order valence-electron chi connectivity index (χ4n) is 4.01. The van der Waals surface area contributed by atoms with Crippen LogP contribution >= 0.6 is 0 Å². The third-order valence-corrected chi connectivity index (χ3v) is 6.66. The number of rotatable bonds is 27. The standard InChI is InChI=1S/C35H60O6/c1-4-32(36)26-22-18-13-11-9-7-5-6-8-10-12-14-19-23-27-34(38)40-29-33(37)30-41-35(39)28-24-20-16-15-17-21-25-31(2)3/h6-9,12-14,18,31-33,36-37H,4-5,10-11,15-17,19-30H2,1-3H3/b8-6-,9-7-,14-12-,18-13-/t32-,33+/m0/s1. The maximum atomic E-state index is 11.9. The molecule has 0 aliphatic heterocycles. The maximum absolute atomic E-state index is 11.9. The molecule has 0 amide bonds. The summed E-state index contributed by atoms with van der Waals surface area (Å²) in [4.78, 5) is 23.7. The number of carbonyl (C=O) groups is 2. The zero-order valence-corrected chi connectivity index (χ0v) is 26.3. The number of hydrogen-bond acceptors (Lipinski definition) is 6. The van der Waals surface area contributed by atoms with Crippen LogP contribution in [0, 0.1) is 5.92 Å². The van der Waals surface area contributed by atoms with Crippen LogP contribution in [0.5, 0.6) is 0 Å². The molecule has 0 aromatic heterocycles. The average Bonchev–Trinajstić information content (AvgIpc) is 2.95. The topological polar surface area (TPSA) is 93.1 Å². The summed E-state index contributed by atoms with van der Waals surface area (Å²) in [5, 5.41) is 19.4. The van der Waals surface area contributed by atoms with Crippen molar-refractivity contribution in [2.24, 2.45) is 5.92 Å². The number of carbonyl (C=O) groups excluding carboxylic acids is 2. The van der Waals surface area contributed by atoms with Gasteiger partial charge >= 0.3 is 11.9 Å². The van der Waals surface area contributed by atoms with Crippen molar-refractivity contribution >= 4 is 11.9 Å². The van der Waals surface area contributed by atoms with Gasteiger partial charge in [-0.25, -0.2) is 0 Å². The van der Waals surface area contributed by atoms with Crippen LogP contribution in [0.3, 0.4) is 0 Å². The number of aliphatic hydroxyl groups is 2. The molecule has 0 aliphatic rings. The number of allylic oxidation sites excluding steroid dienone is 8. The van der Waals surface area contributed by atoms with Crippen molar-refractivity contribution in [1.29, 1.82) is 0 Å². The van der Waals surface area contributed by atoms with E-state index < -0.39 is 6.10 Å². The Labute approximate surface area is 251 Å². The normalized spacial score (nSPS) is 13.7. The first-order chi connectivity index (χ1) is 19.8. The van der Waals surface area contributed by atoms with Crippen LogP contribution in [-0.4, -0.2) is 47.6 Å². The SMILES string of the molecule is CC[C@H](O)CC/C=C\C/C=C\C/C=C\C/C=C\CCCC(=O)OC[C@@H](O)COC(=O)CCCCCCCCC(C)C. The zero-order valence-electron chi connectivity index (χ0n) is 26.3. The minimum atomic E-state index is -0.993. The van der Waals surface area contributed by atoms with Gasteiger partial charge in [-0.1, -0.05) is 108 Å². The Bertz CT molecular complexity index is 737. The molecule has 0 saturated carbocycles. The number of unbranched alkanes of at least 4 members (excludes halogenated alkanes) is 6. The molecule has 0 aromatic carbocycles. The van der Waals surface area contributed by atoms with Crippen molar-refractivity contribution in [3.05, 3.63) is 48.6 Å². The van der Waals surface area contributed by atoms with Crippen molar-refractivity contribution < 1.29 is 29.3 Å². The Balaban J connectivity index is 3.62. The molecule has 0 unspecified atom stereocenters. The van der Waals surface area contributed by atoms with Crippen LogP contribution < -0.4 is 0 Å². The van der Waals surface area contributed by atoms with Gasteiger partial charge in [-0.15, -0.1) is 0 Å². The molecule has 0 spiro atoms. The Morgan fingerprint density at radius 1 is 0.585 bits per heavy atom. The molecule has 0 saturated heterocycles. The number of hydrogen-bond donors (Lipinski definition) is 2. The summed E-state index contributed by atoms with van der Waals surface area (Å²) >= 11 is 0. The molecule has 0 rings (SSSR count). The van der Waals surface area contributed by atoms with Gasteiger partial charge in [-0.2, -0.15) is 0 Å². The molecule has 236 valence electrons. The van der Waals surface area contributed by atoms with E-state index in [4.69, 9.17) is 9.47 Å². The highest BCUT2D eigenvalue weighted by molar-refractivity contribution is 5.69. The first-order valence-corrected chi connectivity index (χ1v) is 16.1. The molecular formula is C35H60O6. The second-order valence-electron chi connectivity index (χ2n) is 11.2. The molecule has 0 bridgehead atoms. The van der Waals surface area contributed by atoms with E-state index in [-0.39, 0.29) is 31.3 Å². The molecule has 6 nitrogen and oxygen atoms in total. The van der Waals surface area contributed by atoms with E-state index in [2.05, 4.69) is 62.5 Å².